The first-order valence-electron chi connectivity index (χ1n) is 9.18. The molecule has 0 saturated heterocycles. The first kappa shape index (κ1) is 22.8. The van der Waals surface area contributed by atoms with Crippen LogP contribution in [0.2, 0.25) is 0 Å². The molecule has 0 aliphatic carbocycles. The topological polar surface area (TPSA) is 9.23 Å². The number of ether oxygens (including phenoxy) is 1. The average molecular weight is 378 g/mol. The molecule has 1 aromatic rings. The van der Waals surface area contributed by atoms with E-state index < -0.39 is 11.7 Å². The lowest BCUT2D eigenvalue weighted by atomic mass is 9.91. The van der Waals surface area contributed by atoms with Gasteiger partial charge >= 0.3 is 0 Å². The third-order valence-electron chi connectivity index (χ3n) is 4.45. The molecule has 1 nitrogen and oxygen atoms in total. The van der Waals surface area contributed by atoms with Gasteiger partial charge in [-0.15, -0.1) is 0 Å². The standard InChI is InChI=1S/C23H29F3O/c1-7-27-19(6)23(26)22(25)18(5)17(4)11-8-15(2)9-12-20-13-10-16(3)14-21(20)24/h9-10,12-15,17H,5-8,11H2,1-4H3/b12-9+,23-22-. The van der Waals surface area contributed by atoms with Gasteiger partial charge in [0.2, 0.25) is 0 Å². The van der Waals surface area contributed by atoms with E-state index in [4.69, 9.17) is 4.74 Å². The molecule has 0 spiro atoms. The molecule has 0 amide bonds. The molecular weight excluding hydrogens is 349 g/mol. The van der Waals surface area contributed by atoms with Crippen molar-refractivity contribution in [2.75, 3.05) is 6.61 Å². The lowest BCUT2D eigenvalue weighted by molar-refractivity contribution is 0.223. The smallest absolute Gasteiger partial charge is 0.200 e. The van der Waals surface area contributed by atoms with Crippen molar-refractivity contribution in [2.24, 2.45) is 11.8 Å². The number of rotatable bonds is 10. The Kier molecular flexibility index (Phi) is 9.13. The minimum Gasteiger partial charge on any atom is -0.491 e. The van der Waals surface area contributed by atoms with Gasteiger partial charge in [-0.3, -0.25) is 0 Å². The Morgan fingerprint density at radius 1 is 1.15 bits per heavy atom. The molecule has 1 rings (SSSR count). The van der Waals surface area contributed by atoms with E-state index in [2.05, 4.69) is 13.2 Å². The molecule has 0 fully saturated rings. The highest BCUT2D eigenvalue weighted by molar-refractivity contribution is 5.50. The monoisotopic (exact) mass is 378 g/mol. The zero-order chi connectivity index (χ0) is 20.6. The summed E-state index contributed by atoms with van der Waals surface area (Å²) in [4.78, 5) is 0. The summed E-state index contributed by atoms with van der Waals surface area (Å²) in [5.41, 5.74) is 1.50. The predicted molar refractivity (Wildman–Crippen MR) is 107 cm³/mol. The van der Waals surface area contributed by atoms with Crippen LogP contribution >= 0.6 is 0 Å². The van der Waals surface area contributed by atoms with E-state index in [0.29, 0.717) is 12.0 Å². The lowest BCUT2D eigenvalue weighted by Crippen LogP contribution is -2.04. The van der Waals surface area contributed by atoms with Crippen LogP contribution in [0, 0.1) is 24.6 Å². The molecule has 27 heavy (non-hydrogen) atoms. The van der Waals surface area contributed by atoms with Crippen molar-refractivity contribution in [3.05, 3.63) is 77.4 Å². The van der Waals surface area contributed by atoms with Gasteiger partial charge in [-0.25, -0.2) is 8.78 Å². The zero-order valence-electron chi connectivity index (χ0n) is 16.6. The van der Waals surface area contributed by atoms with Gasteiger partial charge in [-0.2, -0.15) is 4.39 Å². The third kappa shape index (κ3) is 7.12. The first-order valence-corrected chi connectivity index (χ1v) is 9.18. The van der Waals surface area contributed by atoms with E-state index in [1.807, 2.05) is 26.0 Å². The lowest BCUT2D eigenvalue weighted by Gasteiger charge is -2.16. The van der Waals surface area contributed by atoms with Crippen molar-refractivity contribution >= 4 is 6.08 Å². The van der Waals surface area contributed by atoms with Crippen LogP contribution in [0.5, 0.6) is 0 Å². The highest BCUT2D eigenvalue weighted by Crippen LogP contribution is 2.30. The number of halogens is 3. The molecule has 0 bridgehead atoms. The Hall–Kier alpha value is -2.23. The fourth-order valence-electron chi connectivity index (χ4n) is 2.54. The van der Waals surface area contributed by atoms with Gasteiger partial charge in [-0.1, -0.05) is 51.3 Å². The largest absolute Gasteiger partial charge is 0.491 e. The van der Waals surface area contributed by atoms with Crippen molar-refractivity contribution in [1.82, 2.24) is 0 Å². The molecule has 0 N–H and O–H groups in total. The summed E-state index contributed by atoms with van der Waals surface area (Å²) < 4.78 is 46.9. The predicted octanol–water partition coefficient (Wildman–Crippen LogP) is 7.46. The fraction of sp³-hybridized carbons (Fsp3) is 0.391. The van der Waals surface area contributed by atoms with Crippen LogP contribution in [0.3, 0.4) is 0 Å². The van der Waals surface area contributed by atoms with Crippen LogP contribution < -0.4 is 0 Å². The second-order valence-electron chi connectivity index (χ2n) is 6.85. The Morgan fingerprint density at radius 3 is 2.41 bits per heavy atom. The Balaban J connectivity index is 2.63. The second-order valence-corrected chi connectivity index (χ2v) is 6.85. The molecule has 2 atom stereocenters. The average Bonchev–Trinajstić information content (AvgIpc) is 2.63. The maximum absolute atomic E-state index is 14.2. The van der Waals surface area contributed by atoms with Crippen molar-refractivity contribution in [3.8, 4) is 0 Å². The van der Waals surface area contributed by atoms with Crippen LogP contribution in [0.15, 0.2) is 60.4 Å². The van der Waals surface area contributed by atoms with Gasteiger partial charge < -0.3 is 4.74 Å². The van der Waals surface area contributed by atoms with Crippen molar-refractivity contribution in [1.29, 1.82) is 0 Å². The van der Waals surface area contributed by atoms with E-state index in [9.17, 15) is 13.2 Å². The van der Waals surface area contributed by atoms with E-state index in [-0.39, 0.29) is 35.6 Å². The fourth-order valence-corrected chi connectivity index (χ4v) is 2.54. The molecule has 1 aromatic carbocycles. The maximum atomic E-state index is 14.2. The number of allylic oxidation sites excluding steroid dienone is 4. The molecule has 0 aromatic heterocycles. The molecule has 0 heterocycles. The van der Waals surface area contributed by atoms with Gasteiger partial charge in [-0.05, 0) is 55.7 Å². The number of benzene rings is 1. The molecule has 148 valence electrons. The highest BCUT2D eigenvalue weighted by Gasteiger charge is 2.19. The summed E-state index contributed by atoms with van der Waals surface area (Å²) in [6.07, 6.45) is 5.05. The zero-order valence-corrected chi connectivity index (χ0v) is 16.6. The first-order chi connectivity index (χ1) is 12.7. The normalized spacial score (nSPS) is 14.6. The van der Waals surface area contributed by atoms with Crippen molar-refractivity contribution in [2.45, 2.75) is 40.5 Å². The molecule has 0 aliphatic rings. The SMILES string of the molecule is C=C(OCC)/C(F)=C(/F)C(=C)C(C)CCC(C)/C=C/c1ccc(C)cc1F. The van der Waals surface area contributed by atoms with Gasteiger partial charge in [0.15, 0.2) is 17.4 Å². The van der Waals surface area contributed by atoms with E-state index in [1.165, 1.54) is 6.07 Å². The van der Waals surface area contributed by atoms with Crippen molar-refractivity contribution in [3.63, 3.8) is 0 Å². The molecule has 0 aliphatic heterocycles. The maximum Gasteiger partial charge on any atom is 0.200 e. The van der Waals surface area contributed by atoms with E-state index in [1.54, 1.807) is 26.0 Å². The van der Waals surface area contributed by atoms with E-state index in [0.717, 1.165) is 12.0 Å². The Bertz CT molecular complexity index is 731. The summed E-state index contributed by atoms with van der Waals surface area (Å²) in [5, 5.41) is 0. The van der Waals surface area contributed by atoms with Crippen LogP contribution in [-0.4, -0.2) is 6.61 Å². The summed E-state index contributed by atoms with van der Waals surface area (Å²) in [6, 6.07) is 5.10. The molecule has 4 heteroatoms. The van der Waals surface area contributed by atoms with Crippen LogP contribution in [0.25, 0.3) is 6.08 Å². The van der Waals surface area contributed by atoms with E-state index >= 15 is 0 Å². The quantitative estimate of drug-likeness (QED) is 0.303. The molecule has 0 saturated carbocycles. The summed E-state index contributed by atoms with van der Waals surface area (Å²) in [7, 11) is 0. The molecule has 2 unspecified atom stereocenters. The number of hydrogen-bond donors (Lipinski definition) is 0. The van der Waals surface area contributed by atoms with Gasteiger partial charge in [0, 0.05) is 5.56 Å². The van der Waals surface area contributed by atoms with Crippen molar-refractivity contribution < 1.29 is 17.9 Å². The number of hydrogen-bond acceptors (Lipinski definition) is 1. The Morgan fingerprint density at radius 2 is 1.81 bits per heavy atom. The van der Waals surface area contributed by atoms with Gasteiger partial charge in [0.1, 0.15) is 5.82 Å². The third-order valence-corrected chi connectivity index (χ3v) is 4.45. The van der Waals surface area contributed by atoms with Gasteiger partial charge in [0.25, 0.3) is 0 Å². The van der Waals surface area contributed by atoms with Crippen LogP contribution in [0.1, 0.15) is 44.7 Å². The minimum atomic E-state index is -1.10. The number of aryl methyl sites for hydroxylation is 1. The highest BCUT2D eigenvalue weighted by atomic mass is 19.2. The molecule has 0 radical (unpaired) electrons. The molecular formula is C23H29F3O. The van der Waals surface area contributed by atoms with Gasteiger partial charge in [0.05, 0.1) is 6.61 Å². The second kappa shape index (κ2) is 10.8. The Labute approximate surface area is 160 Å². The minimum absolute atomic E-state index is 0.0918. The summed E-state index contributed by atoms with van der Waals surface area (Å²) in [5.74, 6) is -2.76. The summed E-state index contributed by atoms with van der Waals surface area (Å²) in [6.45, 7) is 14.6. The van der Waals surface area contributed by atoms with Crippen LogP contribution in [-0.2, 0) is 4.74 Å². The van der Waals surface area contributed by atoms with Crippen LogP contribution in [0.4, 0.5) is 13.2 Å². The summed E-state index contributed by atoms with van der Waals surface area (Å²) >= 11 is 0.